The van der Waals surface area contributed by atoms with Gasteiger partial charge >= 0.3 is 0 Å². The van der Waals surface area contributed by atoms with Crippen molar-refractivity contribution < 1.29 is 4.74 Å². The fourth-order valence-electron chi connectivity index (χ4n) is 1.48. The number of methoxy groups -OCH3 is 1. The van der Waals surface area contributed by atoms with Crippen molar-refractivity contribution in [2.75, 3.05) is 19.4 Å². The van der Waals surface area contributed by atoms with E-state index in [4.69, 9.17) is 4.74 Å². The minimum absolute atomic E-state index is 0.607. The monoisotopic (exact) mass is 239 g/mol. The summed E-state index contributed by atoms with van der Waals surface area (Å²) in [5.41, 5.74) is 0. The van der Waals surface area contributed by atoms with Crippen LogP contribution in [0.4, 0.5) is 0 Å². The quantitative estimate of drug-likeness (QED) is 0.738. The van der Waals surface area contributed by atoms with Crippen LogP contribution < -0.4 is 10.1 Å². The summed E-state index contributed by atoms with van der Waals surface area (Å²) >= 11 is 1.90. The zero-order valence-corrected chi connectivity index (χ0v) is 11.1. The van der Waals surface area contributed by atoms with Gasteiger partial charge in [-0.15, -0.1) is 11.8 Å². The molecule has 1 aromatic carbocycles. The smallest absolute Gasteiger partial charge is 0.118 e. The molecule has 0 aromatic heterocycles. The van der Waals surface area contributed by atoms with Crippen molar-refractivity contribution in [3.63, 3.8) is 0 Å². The molecule has 0 bridgehead atoms. The van der Waals surface area contributed by atoms with Crippen LogP contribution in [0.5, 0.6) is 5.75 Å². The Morgan fingerprint density at radius 2 is 2.00 bits per heavy atom. The molecule has 0 amide bonds. The van der Waals surface area contributed by atoms with E-state index >= 15 is 0 Å². The summed E-state index contributed by atoms with van der Waals surface area (Å²) in [7, 11) is 1.69. The summed E-state index contributed by atoms with van der Waals surface area (Å²) in [6.45, 7) is 5.43. The van der Waals surface area contributed by atoms with Gasteiger partial charge in [-0.05, 0) is 49.9 Å². The van der Waals surface area contributed by atoms with Gasteiger partial charge in [-0.1, -0.05) is 6.92 Å². The van der Waals surface area contributed by atoms with Gasteiger partial charge < -0.3 is 10.1 Å². The van der Waals surface area contributed by atoms with E-state index in [1.54, 1.807) is 7.11 Å². The second-order valence-electron chi connectivity index (χ2n) is 3.77. The van der Waals surface area contributed by atoms with E-state index in [0.717, 1.165) is 18.0 Å². The molecule has 0 aliphatic carbocycles. The summed E-state index contributed by atoms with van der Waals surface area (Å²) in [6.07, 6.45) is 1.20. The van der Waals surface area contributed by atoms with Crippen molar-refractivity contribution >= 4 is 11.8 Å². The largest absolute Gasteiger partial charge is 0.497 e. The first-order chi connectivity index (χ1) is 7.76. The lowest BCUT2D eigenvalue weighted by Crippen LogP contribution is -2.25. The summed E-state index contributed by atoms with van der Waals surface area (Å²) in [6, 6.07) is 8.85. The minimum Gasteiger partial charge on any atom is -0.497 e. The van der Waals surface area contributed by atoms with E-state index < -0.39 is 0 Å². The van der Waals surface area contributed by atoms with Gasteiger partial charge in [0.1, 0.15) is 5.75 Å². The molecule has 1 unspecified atom stereocenters. The van der Waals surface area contributed by atoms with E-state index in [0.29, 0.717) is 6.04 Å². The molecule has 3 heteroatoms. The van der Waals surface area contributed by atoms with Gasteiger partial charge in [0.25, 0.3) is 0 Å². The number of hydrogen-bond donors (Lipinski definition) is 1. The number of benzene rings is 1. The lowest BCUT2D eigenvalue weighted by molar-refractivity contribution is 0.414. The van der Waals surface area contributed by atoms with E-state index in [1.165, 1.54) is 11.3 Å². The second kappa shape index (κ2) is 7.58. The van der Waals surface area contributed by atoms with Crippen LogP contribution in [0.2, 0.25) is 0 Å². The predicted octanol–water partition coefficient (Wildman–Crippen LogP) is 3.18. The highest BCUT2D eigenvalue weighted by Crippen LogP contribution is 2.22. The molecule has 0 saturated heterocycles. The Balaban J connectivity index is 2.26. The SMILES string of the molecule is CCNC(C)CCSc1ccc(OC)cc1. The van der Waals surface area contributed by atoms with Crippen molar-refractivity contribution in [1.29, 1.82) is 0 Å². The molecule has 90 valence electrons. The highest BCUT2D eigenvalue weighted by Gasteiger charge is 2.00. The number of rotatable bonds is 7. The maximum Gasteiger partial charge on any atom is 0.118 e. The zero-order chi connectivity index (χ0) is 11.8. The molecular weight excluding hydrogens is 218 g/mol. The van der Waals surface area contributed by atoms with Crippen LogP contribution in [-0.4, -0.2) is 25.4 Å². The van der Waals surface area contributed by atoms with Gasteiger partial charge in [0.15, 0.2) is 0 Å². The summed E-state index contributed by atoms with van der Waals surface area (Å²) in [4.78, 5) is 1.31. The summed E-state index contributed by atoms with van der Waals surface area (Å²) < 4.78 is 5.12. The Labute approximate surface area is 103 Å². The van der Waals surface area contributed by atoms with Crippen LogP contribution in [0.1, 0.15) is 20.3 Å². The molecule has 0 heterocycles. The van der Waals surface area contributed by atoms with Gasteiger partial charge in [0.2, 0.25) is 0 Å². The van der Waals surface area contributed by atoms with Crippen LogP contribution in [0.25, 0.3) is 0 Å². The lowest BCUT2D eigenvalue weighted by Gasteiger charge is -2.11. The summed E-state index contributed by atoms with van der Waals surface area (Å²) in [5, 5.41) is 3.42. The van der Waals surface area contributed by atoms with Crippen LogP contribution in [0.3, 0.4) is 0 Å². The highest BCUT2D eigenvalue weighted by atomic mass is 32.2. The van der Waals surface area contributed by atoms with E-state index in [-0.39, 0.29) is 0 Å². The van der Waals surface area contributed by atoms with E-state index in [2.05, 4.69) is 31.3 Å². The number of hydrogen-bond acceptors (Lipinski definition) is 3. The minimum atomic E-state index is 0.607. The maximum absolute atomic E-state index is 5.12. The van der Waals surface area contributed by atoms with E-state index in [1.807, 2.05) is 23.9 Å². The molecule has 0 aliphatic rings. The molecule has 1 N–H and O–H groups in total. The van der Waals surface area contributed by atoms with Gasteiger partial charge in [0, 0.05) is 10.9 Å². The summed E-state index contributed by atoms with van der Waals surface area (Å²) in [5.74, 6) is 2.07. The normalized spacial score (nSPS) is 12.4. The maximum atomic E-state index is 5.12. The first-order valence-corrected chi connectivity index (χ1v) is 6.75. The fraction of sp³-hybridized carbons (Fsp3) is 0.538. The molecule has 0 spiro atoms. The molecule has 0 radical (unpaired) electrons. The van der Waals surface area contributed by atoms with Crippen molar-refractivity contribution in [3.05, 3.63) is 24.3 Å². The van der Waals surface area contributed by atoms with Gasteiger partial charge in [0.05, 0.1) is 7.11 Å². The second-order valence-corrected chi connectivity index (χ2v) is 4.94. The topological polar surface area (TPSA) is 21.3 Å². The fourth-order valence-corrected chi connectivity index (χ4v) is 2.51. The lowest BCUT2D eigenvalue weighted by atomic mass is 10.3. The Bertz CT molecular complexity index is 286. The average molecular weight is 239 g/mol. The van der Waals surface area contributed by atoms with Crippen molar-refractivity contribution in [2.45, 2.75) is 31.2 Å². The molecule has 1 aromatic rings. The zero-order valence-electron chi connectivity index (χ0n) is 10.3. The van der Waals surface area contributed by atoms with Crippen LogP contribution in [-0.2, 0) is 0 Å². The van der Waals surface area contributed by atoms with Crippen LogP contribution in [0.15, 0.2) is 29.2 Å². The average Bonchev–Trinajstić information content (AvgIpc) is 2.30. The third-order valence-electron chi connectivity index (χ3n) is 2.43. The van der Waals surface area contributed by atoms with Crippen molar-refractivity contribution in [2.24, 2.45) is 0 Å². The standard InChI is InChI=1S/C13H21NOS/c1-4-14-11(2)9-10-16-13-7-5-12(15-3)6-8-13/h5-8,11,14H,4,9-10H2,1-3H3. The third kappa shape index (κ3) is 4.90. The third-order valence-corrected chi connectivity index (χ3v) is 3.48. The molecule has 0 fully saturated rings. The number of nitrogens with one attached hydrogen (secondary N) is 1. The number of thioether (sulfide) groups is 1. The van der Waals surface area contributed by atoms with Crippen LogP contribution >= 0.6 is 11.8 Å². The first-order valence-electron chi connectivity index (χ1n) is 5.76. The van der Waals surface area contributed by atoms with Gasteiger partial charge in [-0.2, -0.15) is 0 Å². The Hall–Kier alpha value is -0.670. The Kier molecular flexibility index (Phi) is 6.34. The molecule has 1 rings (SSSR count). The van der Waals surface area contributed by atoms with Crippen molar-refractivity contribution in [1.82, 2.24) is 5.32 Å². The molecule has 2 nitrogen and oxygen atoms in total. The van der Waals surface area contributed by atoms with Gasteiger partial charge in [-0.3, -0.25) is 0 Å². The molecule has 1 atom stereocenters. The van der Waals surface area contributed by atoms with Crippen LogP contribution in [0, 0.1) is 0 Å². The predicted molar refractivity (Wildman–Crippen MR) is 71.5 cm³/mol. The first kappa shape index (κ1) is 13.4. The molecule has 0 aliphatic heterocycles. The Morgan fingerprint density at radius 3 is 2.56 bits per heavy atom. The Morgan fingerprint density at radius 1 is 1.31 bits per heavy atom. The highest BCUT2D eigenvalue weighted by molar-refractivity contribution is 7.99. The van der Waals surface area contributed by atoms with Gasteiger partial charge in [-0.25, -0.2) is 0 Å². The molecular formula is C13H21NOS. The van der Waals surface area contributed by atoms with E-state index in [9.17, 15) is 0 Å². The molecule has 16 heavy (non-hydrogen) atoms. The molecule has 0 saturated carbocycles. The van der Waals surface area contributed by atoms with Crippen molar-refractivity contribution in [3.8, 4) is 5.75 Å². The number of ether oxygens (including phenoxy) is 1.